The molecule has 2 amide bonds. The average molecular weight is 898 g/mol. The minimum absolute atomic E-state index is 0.0267. The smallest absolute Gasteiger partial charge is 0.407 e. The number of nitrogens with zero attached hydrogens (tertiary/aromatic N) is 3. The Morgan fingerprint density at radius 1 is 0.875 bits per heavy atom. The van der Waals surface area contributed by atoms with Crippen LogP contribution in [0, 0.1) is 0 Å². The molecule has 3 N–H and O–H groups in total. The van der Waals surface area contributed by atoms with Gasteiger partial charge in [-0.2, -0.15) is 0 Å². The molecule has 64 heavy (non-hydrogen) atoms. The second-order valence-electron chi connectivity index (χ2n) is 14.9. The normalized spacial score (nSPS) is 21.7. The first-order valence-corrected chi connectivity index (χ1v) is 21.1. The lowest BCUT2D eigenvalue weighted by Crippen LogP contribution is -2.66. The van der Waals surface area contributed by atoms with Crippen LogP contribution >= 0.6 is 0 Å². The third kappa shape index (κ3) is 17.0. The molecule has 0 spiro atoms. The molecule has 1 aliphatic carbocycles. The molecule has 0 radical (unpaired) electrons. The monoisotopic (exact) mass is 897 g/mol. The molecule has 2 heterocycles. The lowest BCUT2D eigenvalue weighted by Gasteiger charge is -2.44. The van der Waals surface area contributed by atoms with Gasteiger partial charge < -0.3 is 53.6 Å². The maximum atomic E-state index is 12.7. The summed E-state index contributed by atoms with van der Waals surface area (Å²) in [7, 11) is 0. The molecule has 3 unspecified atom stereocenters. The third-order valence-electron chi connectivity index (χ3n) is 9.71. The summed E-state index contributed by atoms with van der Waals surface area (Å²) < 4.78 is 47.1. The summed E-state index contributed by atoms with van der Waals surface area (Å²) in [6.45, 7) is 10.2. The van der Waals surface area contributed by atoms with Crippen molar-refractivity contribution in [1.82, 2.24) is 25.6 Å². The van der Waals surface area contributed by atoms with Crippen molar-refractivity contribution in [3.8, 4) is 11.3 Å². The molecule has 4 rings (SSSR count). The fourth-order valence-corrected chi connectivity index (χ4v) is 6.97. The van der Waals surface area contributed by atoms with E-state index in [4.69, 9.17) is 43.0 Å². The highest BCUT2D eigenvalue weighted by atomic mass is 16.7. The maximum Gasteiger partial charge on any atom is 0.407 e. The number of carbonyl (C=O) groups excluding carboxylic acids is 5. The maximum absolute atomic E-state index is 12.7. The number of hydrogen-bond donors (Lipinski definition) is 3. The highest BCUT2D eigenvalue weighted by Gasteiger charge is 2.51. The van der Waals surface area contributed by atoms with Crippen LogP contribution in [0.1, 0.15) is 71.1 Å². The first-order valence-electron chi connectivity index (χ1n) is 21.1. The first kappa shape index (κ1) is 50.7. The molecule has 2 aromatic rings. The van der Waals surface area contributed by atoms with Crippen LogP contribution in [0.25, 0.3) is 16.8 Å². The van der Waals surface area contributed by atoms with Crippen molar-refractivity contribution in [2.75, 3.05) is 46.2 Å². The van der Waals surface area contributed by atoms with Crippen molar-refractivity contribution in [2.45, 2.75) is 110 Å². The number of carboxylic acids is 1. The number of ether oxygens (including phenoxy) is 8. The van der Waals surface area contributed by atoms with Crippen molar-refractivity contribution < 1.29 is 71.8 Å². The van der Waals surface area contributed by atoms with Gasteiger partial charge in [0.1, 0.15) is 30.6 Å². The summed E-state index contributed by atoms with van der Waals surface area (Å²) in [4.78, 5) is 71.3. The molecule has 20 heteroatoms. The standard InChI is InChI=1S/C44H59N5O15/c1-28-14-8-6-9-16-34(63-44(56)45-19-13-7-10-18-37(54)55)26-33-15-11-12-17-35(33)38-40(28)49(48-47-38)20-21-57-22-23-58-24-25-59-43-39(46-29(2)50)42(62-32(5)53)41(61-31(4)52)36(64-43)27-60-30(3)51/h6,8-9,11-12,14-15,17,34,36,39,41-43H,1,7,10,13,16,18-27H2,2-5H3,(H,45,56)(H,46,50)(H,54,55)/b9-6-,14-8-/t34?,36?,39?,41-,42+,43+/m0/s1. The van der Waals surface area contributed by atoms with Crippen LogP contribution in [0.4, 0.5) is 4.79 Å². The lowest BCUT2D eigenvalue weighted by molar-refractivity contribution is -0.279. The predicted octanol–water partition coefficient (Wildman–Crippen LogP) is 3.46. The predicted molar refractivity (Wildman–Crippen MR) is 227 cm³/mol. The van der Waals surface area contributed by atoms with E-state index in [-0.39, 0.29) is 46.1 Å². The van der Waals surface area contributed by atoms with Gasteiger partial charge in [-0.3, -0.25) is 24.0 Å². The molecule has 1 fully saturated rings. The summed E-state index contributed by atoms with van der Waals surface area (Å²) in [6.07, 6.45) is 4.55. The third-order valence-corrected chi connectivity index (χ3v) is 9.71. The second kappa shape index (κ2) is 26.6. The number of aliphatic carboxylic acids is 1. The van der Waals surface area contributed by atoms with Crippen LogP contribution in [-0.4, -0.2) is 139 Å². The van der Waals surface area contributed by atoms with Gasteiger partial charge in [0.25, 0.3) is 0 Å². The van der Waals surface area contributed by atoms with Gasteiger partial charge in [0.15, 0.2) is 18.5 Å². The SMILES string of the molecule is C=C1/C=C\C=C/CC(OC(=O)NCCCCCC(=O)O)Cc2ccccc2-c2nnn(CCOCCOCCO[C@@H]3OC(COC(C)=O)[C@H](OC(C)=O)[C@H](OC(C)=O)C3NC(C)=O)c21. The van der Waals surface area contributed by atoms with Crippen molar-refractivity contribution in [2.24, 2.45) is 0 Å². The van der Waals surface area contributed by atoms with E-state index < -0.39 is 72.6 Å². The van der Waals surface area contributed by atoms with E-state index >= 15 is 0 Å². The van der Waals surface area contributed by atoms with Gasteiger partial charge in [-0.25, -0.2) is 9.48 Å². The molecule has 20 nitrogen and oxygen atoms in total. The molecule has 1 aromatic carbocycles. The van der Waals surface area contributed by atoms with Crippen molar-refractivity contribution in [3.63, 3.8) is 0 Å². The zero-order chi connectivity index (χ0) is 46.4. The molecule has 0 bridgehead atoms. The summed E-state index contributed by atoms with van der Waals surface area (Å²) >= 11 is 0. The largest absolute Gasteiger partial charge is 0.481 e. The highest BCUT2D eigenvalue weighted by molar-refractivity contribution is 5.82. The van der Waals surface area contributed by atoms with E-state index in [2.05, 4.69) is 27.5 Å². The van der Waals surface area contributed by atoms with Crippen LogP contribution in [0.5, 0.6) is 0 Å². The summed E-state index contributed by atoms with van der Waals surface area (Å²) in [5.74, 6) is -3.38. The Hall–Kier alpha value is -5.96. The number of amides is 2. The fourth-order valence-electron chi connectivity index (χ4n) is 6.97. The minimum atomic E-state index is -1.24. The number of fused-ring (bicyclic) bond motifs is 3. The van der Waals surface area contributed by atoms with Crippen LogP contribution in [-0.2, 0) is 74.8 Å². The lowest BCUT2D eigenvalue weighted by atomic mass is 9.95. The van der Waals surface area contributed by atoms with E-state index in [1.54, 1.807) is 4.68 Å². The zero-order valence-corrected chi connectivity index (χ0v) is 36.7. The van der Waals surface area contributed by atoms with Gasteiger partial charge in [0.05, 0.1) is 45.3 Å². The van der Waals surface area contributed by atoms with Gasteiger partial charge in [0, 0.05) is 59.1 Å². The molecule has 6 atom stereocenters. The zero-order valence-electron chi connectivity index (χ0n) is 36.7. The number of hydrogen-bond acceptors (Lipinski definition) is 16. The van der Waals surface area contributed by atoms with E-state index in [0.29, 0.717) is 62.2 Å². The van der Waals surface area contributed by atoms with Crippen molar-refractivity contribution in [1.29, 1.82) is 0 Å². The summed E-state index contributed by atoms with van der Waals surface area (Å²) in [5, 5.41) is 23.2. The van der Waals surface area contributed by atoms with Gasteiger partial charge in [-0.05, 0) is 24.0 Å². The fraction of sp³-hybridized carbons (Fsp3) is 0.545. The van der Waals surface area contributed by atoms with Crippen LogP contribution in [0.15, 0.2) is 55.1 Å². The van der Waals surface area contributed by atoms with Crippen molar-refractivity contribution >= 4 is 41.5 Å². The van der Waals surface area contributed by atoms with Crippen LogP contribution in [0.3, 0.4) is 0 Å². The minimum Gasteiger partial charge on any atom is -0.481 e. The number of nitrogens with one attached hydrogen (secondary N) is 2. The van der Waals surface area contributed by atoms with Gasteiger partial charge in [-0.1, -0.05) is 66.8 Å². The topological polar surface area (TPSA) is 251 Å². The number of allylic oxidation sites excluding steroid dienone is 4. The molecular formula is C44H59N5O15. The number of rotatable bonds is 22. The first-order chi connectivity index (χ1) is 30.7. The van der Waals surface area contributed by atoms with Crippen LogP contribution < -0.4 is 10.6 Å². The molecule has 1 aliphatic heterocycles. The van der Waals surface area contributed by atoms with E-state index in [1.165, 1.54) is 13.8 Å². The average Bonchev–Trinajstić information content (AvgIpc) is 3.65. The van der Waals surface area contributed by atoms with Gasteiger partial charge in [-0.15, -0.1) is 5.10 Å². The Morgan fingerprint density at radius 2 is 1.59 bits per heavy atom. The van der Waals surface area contributed by atoms with Crippen molar-refractivity contribution in [3.05, 3.63) is 66.4 Å². The number of carbonyl (C=O) groups is 6. The van der Waals surface area contributed by atoms with Gasteiger partial charge >= 0.3 is 30.0 Å². The Bertz CT molecular complexity index is 1970. The van der Waals surface area contributed by atoms with E-state index in [1.807, 2.05) is 48.6 Å². The Morgan fingerprint density at radius 3 is 2.31 bits per heavy atom. The Balaban J connectivity index is 1.31. The van der Waals surface area contributed by atoms with Crippen LogP contribution in [0.2, 0.25) is 0 Å². The molecule has 0 saturated carbocycles. The summed E-state index contributed by atoms with van der Waals surface area (Å²) in [5.41, 5.74) is 3.72. The van der Waals surface area contributed by atoms with E-state index in [0.717, 1.165) is 25.0 Å². The van der Waals surface area contributed by atoms with Gasteiger partial charge in [0.2, 0.25) is 5.91 Å². The Labute approximate surface area is 371 Å². The molecule has 2 aliphatic rings. The molecule has 350 valence electrons. The summed E-state index contributed by atoms with van der Waals surface area (Å²) in [6, 6.07) is 6.62. The molecule has 1 saturated heterocycles. The number of esters is 3. The number of benzene rings is 1. The number of unbranched alkanes of at least 4 members (excludes halogenated alkanes) is 2. The highest BCUT2D eigenvalue weighted by Crippen LogP contribution is 2.32. The number of carboxylic acid groups (broad SMARTS) is 1. The molecule has 1 aromatic heterocycles. The molecular weight excluding hydrogens is 839 g/mol. The number of aromatic nitrogens is 3. The quantitative estimate of drug-likeness (QED) is 0.0869. The number of alkyl carbamates (subject to hydrolysis) is 1. The Kier molecular flexibility index (Phi) is 21.1. The van der Waals surface area contributed by atoms with E-state index in [9.17, 15) is 28.8 Å². The second-order valence-corrected chi connectivity index (χ2v) is 14.9.